The molecule has 1 aliphatic rings. The normalized spacial score (nSPS) is 21.1. The average Bonchev–Trinajstić information content (AvgIpc) is 2.68. The summed E-state index contributed by atoms with van der Waals surface area (Å²) < 4.78 is 0. The molecule has 1 fully saturated rings. The SMILES string of the molecule is CNC(=O)C(C)(C)NC(=O)C1CCCN1. The molecule has 0 bridgehead atoms. The summed E-state index contributed by atoms with van der Waals surface area (Å²) in [5, 5.41) is 8.35. The van der Waals surface area contributed by atoms with Gasteiger partial charge in [-0.3, -0.25) is 9.59 Å². The fourth-order valence-corrected chi connectivity index (χ4v) is 1.67. The van der Waals surface area contributed by atoms with Crippen molar-refractivity contribution in [3.63, 3.8) is 0 Å². The Morgan fingerprint density at radius 2 is 2.07 bits per heavy atom. The van der Waals surface area contributed by atoms with Gasteiger partial charge in [0.2, 0.25) is 11.8 Å². The summed E-state index contributed by atoms with van der Waals surface area (Å²) in [5.41, 5.74) is -0.851. The summed E-state index contributed by atoms with van der Waals surface area (Å²) in [5.74, 6) is -0.282. The van der Waals surface area contributed by atoms with Crippen molar-refractivity contribution in [1.29, 1.82) is 0 Å². The first-order valence-electron chi connectivity index (χ1n) is 5.25. The zero-order valence-electron chi connectivity index (χ0n) is 9.52. The summed E-state index contributed by atoms with van der Waals surface area (Å²) in [6, 6.07) is -0.145. The summed E-state index contributed by atoms with van der Waals surface area (Å²) in [6.45, 7) is 4.26. The molecule has 86 valence electrons. The lowest BCUT2D eigenvalue weighted by atomic mass is 10.0. The maximum atomic E-state index is 11.7. The van der Waals surface area contributed by atoms with Gasteiger partial charge in [-0.1, -0.05) is 0 Å². The van der Waals surface area contributed by atoms with Crippen LogP contribution >= 0.6 is 0 Å². The number of hydrogen-bond donors (Lipinski definition) is 3. The monoisotopic (exact) mass is 213 g/mol. The predicted molar refractivity (Wildman–Crippen MR) is 57.3 cm³/mol. The van der Waals surface area contributed by atoms with Crippen molar-refractivity contribution in [1.82, 2.24) is 16.0 Å². The van der Waals surface area contributed by atoms with Gasteiger partial charge in [-0.2, -0.15) is 0 Å². The van der Waals surface area contributed by atoms with Gasteiger partial charge in [-0.15, -0.1) is 0 Å². The Morgan fingerprint density at radius 1 is 1.40 bits per heavy atom. The first-order valence-corrected chi connectivity index (χ1v) is 5.25. The molecule has 2 amide bonds. The minimum atomic E-state index is -0.851. The Morgan fingerprint density at radius 3 is 2.53 bits per heavy atom. The molecule has 3 N–H and O–H groups in total. The fourth-order valence-electron chi connectivity index (χ4n) is 1.67. The van der Waals surface area contributed by atoms with Crippen LogP contribution in [0.2, 0.25) is 0 Å². The van der Waals surface area contributed by atoms with E-state index in [4.69, 9.17) is 0 Å². The number of carbonyl (C=O) groups is 2. The number of nitrogens with one attached hydrogen (secondary N) is 3. The van der Waals surface area contributed by atoms with E-state index in [9.17, 15) is 9.59 Å². The molecule has 1 aliphatic heterocycles. The van der Waals surface area contributed by atoms with Gasteiger partial charge >= 0.3 is 0 Å². The van der Waals surface area contributed by atoms with Crippen LogP contribution in [0.4, 0.5) is 0 Å². The van der Waals surface area contributed by atoms with Crippen LogP contribution in [-0.2, 0) is 9.59 Å². The Labute approximate surface area is 90.0 Å². The molecule has 0 aromatic rings. The second kappa shape index (κ2) is 4.61. The Balaban J connectivity index is 2.52. The van der Waals surface area contributed by atoms with Gasteiger partial charge in [-0.05, 0) is 33.2 Å². The predicted octanol–water partition coefficient (Wildman–Crippen LogP) is -0.621. The highest BCUT2D eigenvalue weighted by atomic mass is 16.2. The minimum Gasteiger partial charge on any atom is -0.357 e. The van der Waals surface area contributed by atoms with Crippen LogP contribution < -0.4 is 16.0 Å². The molecule has 1 rings (SSSR count). The zero-order chi connectivity index (χ0) is 11.5. The van der Waals surface area contributed by atoms with E-state index in [2.05, 4.69) is 16.0 Å². The molecule has 1 unspecified atom stereocenters. The van der Waals surface area contributed by atoms with Crippen LogP contribution in [-0.4, -0.2) is 37.0 Å². The van der Waals surface area contributed by atoms with E-state index in [1.54, 1.807) is 20.9 Å². The van der Waals surface area contributed by atoms with Gasteiger partial charge in [0, 0.05) is 7.05 Å². The number of carbonyl (C=O) groups excluding carboxylic acids is 2. The minimum absolute atomic E-state index is 0.0962. The number of rotatable bonds is 3. The van der Waals surface area contributed by atoms with Crippen LogP contribution in [0.25, 0.3) is 0 Å². The van der Waals surface area contributed by atoms with Crippen molar-refractivity contribution in [3.05, 3.63) is 0 Å². The van der Waals surface area contributed by atoms with Gasteiger partial charge in [0.25, 0.3) is 0 Å². The number of likely N-dealkylation sites (N-methyl/N-ethyl adjacent to an activating group) is 1. The summed E-state index contributed by atoms with van der Waals surface area (Å²) in [6.07, 6.45) is 1.86. The smallest absolute Gasteiger partial charge is 0.244 e. The second-order valence-corrected chi connectivity index (χ2v) is 4.34. The van der Waals surface area contributed by atoms with Crippen LogP contribution in [0.1, 0.15) is 26.7 Å². The highest BCUT2D eigenvalue weighted by Gasteiger charge is 2.32. The van der Waals surface area contributed by atoms with Crippen LogP contribution in [0.5, 0.6) is 0 Å². The largest absolute Gasteiger partial charge is 0.357 e. The zero-order valence-corrected chi connectivity index (χ0v) is 9.52. The van der Waals surface area contributed by atoms with Crippen LogP contribution in [0, 0.1) is 0 Å². The second-order valence-electron chi connectivity index (χ2n) is 4.34. The van der Waals surface area contributed by atoms with Crippen molar-refractivity contribution in [2.24, 2.45) is 0 Å². The Bertz CT molecular complexity index is 257. The van der Waals surface area contributed by atoms with E-state index in [1.165, 1.54) is 0 Å². The molecular formula is C10H19N3O2. The maximum Gasteiger partial charge on any atom is 0.244 e. The van der Waals surface area contributed by atoms with Gasteiger partial charge in [0.15, 0.2) is 0 Å². The molecule has 1 atom stereocenters. The van der Waals surface area contributed by atoms with Crippen LogP contribution in [0.3, 0.4) is 0 Å². The third-order valence-electron chi connectivity index (χ3n) is 2.61. The highest BCUT2D eigenvalue weighted by Crippen LogP contribution is 2.08. The van der Waals surface area contributed by atoms with E-state index in [0.29, 0.717) is 0 Å². The summed E-state index contributed by atoms with van der Waals surface area (Å²) in [7, 11) is 1.56. The molecule has 0 spiro atoms. The van der Waals surface area contributed by atoms with E-state index in [0.717, 1.165) is 19.4 Å². The van der Waals surface area contributed by atoms with Gasteiger partial charge in [0.1, 0.15) is 5.54 Å². The molecule has 0 aromatic carbocycles. The molecule has 5 heteroatoms. The van der Waals surface area contributed by atoms with E-state index in [-0.39, 0.29) is 17.9 Å². The van der Waals surface area contributed by atoms with Gasteiger partial charge < -0.3 is 16.0 Å². The van der Waals surface area contributed by atoms with Crippen molar-refractivity contribution in [2.45, 2.75) is 38.3 Å². The van der Waals surface area contributed by atoms with Crippen molar-refractivity contribution < 1.29 is 9.59 Å². The van der Waals surface area contributed by atoms with Gasteiger partial charge in [0.05, 0.1) is 6.04 Å². The van der Waals surface area contributed by atoms with E-state index in [1.807, 2.05) is 0 Å². The number of amides is 2. The molecule has 0 radical (unpaired) electrons. The van der Waals surface area contributed by atoms with Crippen molar-refractivity contribution in [3.8, 4) is 0 Å². The topological polar surface area (TPSA) is 70.2 Å². The molecule has 1 saturated heterocycles. The Hall–Kier alpha value is -1.10. The highest BCUT2D eigenvalue weighted by molar-refractivity contribution is 5.92. The van der Waals surface area contributed by atoms with Gasteiger partial charge in [-0.25, -0.2) is 0 Å². The third kappa shape index (κ3) is 2.92. The third-order valence-corrected chi connectivity index (χ3v) is 2.61. The first kappa shape index (κ1) is 12.0. The lowest BCUT2D eigenvalue weighted by Gasteiger charge is -2.25. The molecule has 15 heavy (non-hydrogen) atoms. The van der Waals surface area contributed by atoms with Crippen molar-refractivity contribution >= 4 is 11.8 Å². The molecular weight excluding hydrogens is 194 g/mol. The molecule has 0 saturated carbocycles. The fraction of sp³-hybridized carbons (Fsp3) is 0.800. The first-order chi connectivity index (χ1) is 6.97. The molecule has 0 aliphatic carbocycles. The van der Waals surface area contributed by atoms with Crippen LogP contribution in [0.15, 0.2) is 0 Å². The van der Waals surface area contributed by atoms with Crippen molar-refractivity contribution in [2.75, 3.05) is 13.6 Å². The lowest BCUT2D eigenvalue weighted by Crippen LogP contribution is -2.57. The average molecular weight is 213 g/mol. The summed E-state index contributed by atoms with van der Waals surface area (Å²) in [4.78, 5) is 23.2. The summed E-state index contributed by atoms with van der Waals surface area (Å²) >= 11 is 0. The maximum absolute atomic E-state index is 11.7. The standard InChI is InChI=1S/C10H19N3O2/c1-10(2,9(15)11-3)13-8(14)7-5-4-6-12-7/h7,12H,4-6H2,1-3H3,(H,11,15)(H,13,14). The quantitative estimate of drug-likeness (QED) is 0.585. The lowest BCUT2D eigenvalue weighted by molar-refractivity contribution is -0.132. The van der Waals surface area contributed by atoms with E-state index < -0.39 is 5.54 Å². The molecule has 5 nitrogen and oxygen atoms in total. The number of hydrogen-bond acceptors (Lipinski definition) is 3. The molecule has 1 heterocycles. The van der Waals surface area contributed by atoms with E-state index >= 15 is 0 Å². The molecule has 0 aromatic heterocycles. The Kier molecular flexibility index (Phi) is 3.68.